The number of hydrogen-bond donors (Lipinski definition) is 6. The minimum Gasteiger partial charge on any atom is -0.477 e. The van der Waals surface area contributed by atoms with Crippen molar-refractivity contribution in [3.63, 3.8) is 0 Å². The number of nitrogens with one attached hydrogen (secondary N) is 3. The third-order valence-electron chi connectivity index (χ3n) is 5.09. The van der Waals surface area contributed by atoms with Gasteiger partial charge in [0.25, 0.3) is 11.8 Å². The highest BCUT2D eigenvalue weighted by atomic mass is 32.2. The molecule has 13 nitrogen and oxygen atoms in total. The van der Waals surface area contributed by atoms with Crippen LogP contribution in [-0.4, -0.2) is 84.5 Å². The maximum absolute atomic E-state index is 13.0. The SMILES string of the molecule is N=CNCCSc1cnccc1SC1=C(C(=O)O)N2C(=O)[C@@H](NC(=O)/C(=N\O)c3csc(N)n3)[C@@H]2SC1. The van der Waals surface area contributed by atoms with Crippen LogP contribution >= 0.6 is 46.6 Å². The first kappa shape index (κ1) is 26.8. The number of aromatic nitrogens is 2. The van der Waals surface area contributed by atoms with Crippen LogP contribution in [0.25, 0.3) is 0 Å². The van der Waals surface area contributed by atoms with E-state index in [1.165, 1.54) is 45.6 Å². The molecule has 0 unspecified atom stereocenters. The van der Waals surface area contributed by atoms with Gasteiger partial charge in [0.15, 0.2) is 10.8 Å². The lowest BCUT2D eigenvalue weighted by molar-refractivity contribution is -0.150. The summed E-state index contributed by atoms with van der Waals surface area (Å²) < 4.78 is 0. The van der Waals surface area contributed by atoms with Crippen LogP contribution in [0.5, 0.6) is 0 Å². The molecule has 1 fully saturated rings. The molecule has 2 aliphatic rings. The number of fused-ring (bicyclic) bond motifs is 1. The molecule has 0 saturated carbocycles. The van der Waals surface area contributed by atoms with Crippen molar-refractivity contribution in [2.24, 2.45) is 5.16 Å². The van der Waals surface area contributed by atoms with Crippen LogP contribution in [0.3, 0.4) is 0 Å². The van der Waals surface area contributed by atoms with Crippen LogP contribution in [0.2, 0.25) is 0 Å². The summed E-state index contributed by atoms with van der Waals surface area (Å²) in [5.41, 5.74) is 5.10. The molecule has 4 rings (SSSR count). The number of β-lactam (4-membered cyclic amide) rings is 1. The fourth-order valence-electron chi connectivity index (χ4n) is 3.47. The largest absolute Gasteiger partial charge is 0.477 e. The number of carboxylic acid groups (broad SMARTS) is 1. The fraction of sp³-hybridized carbons (Fsp3) is 0.250. The lowest BCUT2D eigenvalue weighted by Gasteiger charge is -2.49. The minimum absolute atomic E-state index is 0.0619. The molecule has 194 valence electrons. The number of pyridine rings is 1. The molecule has 1 saturated heterocycles. The Morgan fingerprint density at radius 3 is 2.89 bits per heavy atom. The number of thiazole rings is 1. The molecule has 17 heteroatoms. The molecule has 0 radical (unpaired) electrons. The Bertz CT molecular complexity index is 1300. The zero-order valence-corrected chi connectivity index (χ0v) is 22.0. The van der Waals surface area contributed by atoms with Crippen LogP contribution in [-0.2, 0) is 14.4 Å². The van der Waals surface area contributed by atoms with Gasteiger partial charge in [0.1, 0.15) is 22.8 Å². The Morgan fingerprint density at radius 1 is 1.41 bits per heavy atom. The monoisotopic (exact) mass is 580 g/mol. The van der Waals surface area contributed by atoms with E-state index in [1.54, 1.807) is 18.5 Å². The first-order valence-electron chi connectivity index (χ1n) is 10.5. The second-order valence-corrected chi connectivity index (χ2v) is 11.6. The van der Waals surface area contributed by atoms with Crippen LogP contribution in [0, 0.1) is 5.41 Å². The Morgan fingerprint density at radius 2 is 2.22 bits per heavy atom. The van der Waals surface area contributed by atoms with Crippen LogP contribution in [0.4, 0.5) is 5.13 Å². The van der Waals surface area contributed by atoms with Gasteiger partial charge in [0.2, 0.25) is 0 Å². The third kappa shape index (κ3) is 5.68. The first-order chi connectivity index (χ1) is 17.8. The highest BCUT2D eigenvalue weighted by molar-refractivity contribution is 8.07. The quantitative estimate of drug-likeness (QED) is 0.0420. The number of carbonyl (C=O) groups is 3. The predicted octanol–water partition coefficient (Wildman–Crippen LogP) is 1.08. The van der Waals surface area contributed by atoms with Gasteiger partial charge >= 0.3 is 5.97 Å². The second-order valence-electron chi connectivity index (χ2n) is 7.33. The van der Waals surface area contributed by atoms with Gasteiger partial charge in [0, 0.05) is 50.5 Å². The topological polar surface area (TPSA) is 207 Å². The Labute approximate surface area is 226 Å². The van der Waals surface area contributed by atoms with Gasteiger partial charge in [-0.15, -0.1) is 34.9 Å². The number of hydrogen-bond acceptors (Lipinski definition) is 13. The summed E-state index contributed by atoms with van der Waals surface area (Å²) in [4.78, 5) is 49.2. The molecule has 4 heterocycles. The number of nitrogen functional groups attached to an aromatic ring is 1. The van der Waals surface area contributed by atoms with Crippen LogP contribution < -0.4 is 16.4 Å². The van der Waals surface area contributed by atoms with E-state index < -0.39 is 34.9 Å². The Kier molecular flexibility index (Phi) is 8.57. The minimum atomic E-state index is -1.25. The normalized spacial score (nSPS) is 19.2. The molecule has 2 aliphatic heterocycles. The molecular formula is C20H20N8O5S4. The molecule has 2 atom stereocenters. The molecule has 0 spiro atoms. The van der Waals surface area contributed by atoms with Crippen molar-refractivity contribution >= 4 is 81.6 Å². The number of amides is 2. The Hall–Kier alpha value is -3.28. The van der Waals surface area contributed by atoms with E-state index >= 15 is 0 Å². The summed E-state index contributed by atoms with van der Waals surface area (Å²) in [5, 5.41) is 35.6. The molecule has 2 aromatic heterocycles. The van der Waals surface area contributed by atoms with E-state index in [0.717, 1.165) is 27.5 Å². The van der Waals surface area contributed by atoms with Gasteiger partial charge in [-0.3, -0.25) is 24.9 Å². The molecule has 2 aromatic rings. The molecule has 0 bridgehead atoms. The summed E-state index contributed by atoms with van der Waals surface area (Å²) in [5.74, 6) is -1.69. The molecule has 7 N–H and O–H groups in total. The number of carboxylic acids is 1. The maximum Gasteiger partial charge on any atom is 0.353 e. The van der Waals surface area contributed by atoms with E-state index in [1.807, 2.05) is 0 Å². The summed E-state index contributed by atoms with van der Waals surface area (Å²) in [6.07, 6.45) is 4.41. The van der Waals surface area contributed by atoms with Crippen molar-refractivity contribution in [1.82, 2.24) is 25.5 Å². The molecule has 2 amide bonds. The summed E-state index contributed by atoms with van der Waals surface area (Å²) in [6, 6.07) is 0.780. The first-order valence-corrected chi connectivity index (χ1v) is 14.2. The average Bonchev–Trinajstić information content (AvgIpc) is 3.31. The van der Waals surface area contributed by atoms with Gasteiger partial charge in [-0.2, -0.15) is 0 Å². The predicted molar refractivity (Wildman–Crippen MR) is 142 cm³/mol. The zero-order valence-electron chi connectivity index (χ0n) is 18.8. The van der Waals surface area contributed by atoms with Gasteiger partial charge in [-0.05, 0) is 6.07 Å². The van der Waals surface area contributed by atoms with E-state index in [0.29, 0.717) is 23.0 Å². The smallest absolute Gasteiger partial charge is 0.353 e. The summed E-state index contributed by atoms with van der Waals surface area (Å²) in [6.45, 7) is 0.585. The van der Waals surface area contributed by atoms with Crippen LogP contribution in [0.15, 0.2) is 49.4 Å². The Balaban J connectivity index is 1.50. The standard InChI is InChI=1S/C20H20N8O5S4/c21-8-24-3-4-34-11-5-23-2-1-10(11)37-12-7-35-18-14(17(30)28(18)15(12)19(31)32)26-16(29)13(27-33)9-6-36-20(22)25-9/h1-2,5-6,8,14,18,33H,3-4,7H2,(H2,21,24)(H2,22,25)(H,26,29)(H,31,32)/b27-13-/t14-,18+/m1/s1. The number of carbonyl (C=O) groups excluding carboxylic acids is 2. The number of nitrogens with two attached hydrogens (primary N) is 1. The number of anilines is 1. The molecule has 0 aromatic carbocycles. The maximum atomic E-state index is 13.0. The average molecular weight is 581 g/mol. The van der Waals surface area contributed by atoms with E-state index in [4.69, 9.17) is 11.1 Å². The van der Waals surface area contributed by atoms with E-state index in [2.05, 4.69) is 25.8 Å². The summed E-state index contributed by atoms with van der Waals surface area (Å²) in [7, 11) is 0. The van der Waals surface area contributed by atoms with Crippen molar-refractivity contribution in [2.45, 2.75) is 21.2 Å². The van der Waals surface area contributed by atoms with Crippen LogP contribution in [0.1, 0.15) is 5.69 Å². The third-order valence-corrected chi connectivity index (χ3v) is 9.56. The zero-order chi connectivity index (χ0) is 26.5. The second kappa shape index (κ2) is 11.8. The van der Waals surface area contributed by atoms with Gasteiger partial charge < -0.3 is 26.7 Å². The van der Waals surface area contributed by atoms with Gasteiger partial charge in [-0.25, -0.2) is 9.78 Å². The van der Waals surface area contributed by atoms with Crippen molar-refractivity contribution in [2.75, 3.05) is 23.8 Å². The molecule has 0 aliphatic carbocycles. The highest BCUT2D eigenvalue weighted by Crippen LogP contribution is 2.46. The van der Waals surface area contributed by atoms with E-state index in [-0.39, 0.29) is 16.5 Å². The number of oxime groups is 1. The lowest BCUT2D eigenvalue weighted by Crippen LogP contribution is -2.71. The van der Waals surface area contributed by atoms with Gasteiger partial charge in [-0.1, -0.05) is 16.9 Å². The van der Waals surface area contributed by atoms with Crippen molar-refractivity contribution in [3.8, 4) is 0 Å². The highest BCUT2D eigenvalue weighted by Gasteiger charge is 2.54. The van der Waals surface area contributed by atoms with Crippen molar-refractivity contribution in [1.29, 1.82) is 5.41 Å². The lowest BCUT2D eigenvalue weighted by atomic mass is 10.0. The number of nitrogens with zero attached hydrogens (tertiary/aromatic N) is 4. The van der Waals surface area contributed by atoms with Crippen molar-refractivity contribution < 1.29 is 24.7 Å². The molecule has 37 heavy (non-hydrogen) atoms. The fourth-order valence-corrected chi connectivity index (χ4v) is 7.57. The summed E-state index contributed by atoms with van der Waals surface area (Å²) >= 11 is 5.15. The number of aliphatic carboxylic acids is 1. The van der Waals surface area contributed by atoms with Gasteiger partial charge in [0.05, 0.1) is 6.34 Å². The number of rotatable bonds is 11. The number of thioether (sulfide) groups is 3. The van der Waals surface area contributed by atoms with E-state index in [9.17, 15) is 24.7 Å². The van der Waals surface area contributed by atoms with Crippen molar-refractivity contribution in [3.05, 3.63) is 40.1 Å². The molecular weight excluding hydrogens is 561 g/mol.